The Morgan fingerprint density at radius 1 is 0.846 bits per heavy atom. The van der Waals surface area contributed by atoms with Crippen LogP contribution in [0.1, 0.15) is 35.6 Å². The molecule has 3 aromatic carbocycles. The topological polar surface area (TPSA) is 9.23 Å². The molecule has 1 nitrogen and oxygen atoms in total. The van der Waals surface area contributed by atoms with Crippen molar-refractivity contribution in [2.45, 2.75) is 19.8 Å². The molecule has 0 saturated carbocycles. The van der Waals surface area contributed by atoms with Crippen molar-refractivity contribution < 1.29 is 4.74 Å². The normalized spacial score (nSPS) is 13.0. The van der Waals surface area contributed by atoms with Gasteiger partial charge in [0.1, 0.15) is 5.75 Å². The third kappa shape index (κ3) is 3.57. The van der Waals surface area contributed by atoms with Crippen LogP contribution in [0.25, 0.3) is 5.57 Å². The number of fused-ring (bicyclic) bond motifs is 1. The molecule has 0 saturated heterocycles. The standard InChI is InChI=1S/C25H22O/c1-19-17-22-18-23(26-16-8-11-20-9-4-2-5-10-20)14-15-24(22)25(19)21-12-6-3-7-13-21/h2-7,9-10,12-15,18H,8,11,16H2,1H3. The summed E-state index contributed by atoms with van der Waals surface area (Å²) in [6.07, 6.45) is 5.56. The first kappa shape index (κ1) is 16.7. The number of rotatable bonds is 6. The van der Waals surface area contributed by atoms with Gasteiger partial charge in [0, 0.05) is 6.42 Å². The SMILES string of the molecule is CC1=C(c2ccccc2)c2ccc(OCCCc3ccccc3)cc2[C]1. The van der Waals surface area contributed by atoms with Gasteiger partial charge in [-0.15, -0.1) is 0 Å². The number of aryl methyl sites for hydroxylation is 1. The Hall–Kier alpha value is -2.80. The van der Waals surface area contributed by atoms with E-state index in [1.54, 1.807) is 0 Å². The lowest BCUT2D eigenvalue weighted by Gasteiger charge is -2.10. The molecule has 1 heteroatoms. The molecule has 4 rings (SSSR count). The molecule has 1 aliphatic rings. The van der Waals surface area contributed by atoms with Gasteiger partial charge in [-0.05, 0) is 59.7 Å². The molecule has 0 fully saturated rings. The molecular formula is C25H22O. The van der Waals surface area contributed by atoms with Crippen LogP contribution < -0.4 is 4.74 Å². The molecule has 0 unspecified atom stereocenters. The predicted octanol–water partition coefficient (Wildman–Crippen LogP) is 5.96. The van der Waals surface area contributed by atoms with Gasteiger partial charge in [-0.2, -0.15) is 0 Å². The molecule has 0 aromatic heterocycles. The summed E-state index contributed by atoms with van der Waals surface area (Å²) >= 11 is 0. The fourth-order valence-corrected chi connectivity index (χ4v) is 3.49. The first-order valence-electron chi connectivity index (χ1n) is 9.16. The maximum atomic E-state index is 5.97. The molecule has 0 aliphatic heterocycles. The van der Waals surface area contributed by atoms with Gasteiger partial charge in [-0.3, -0.25) is 0 Å². The third-order valence-corrected chi connectivity index (χ3v) is 4.74. The summed E-state index contributed by atoms with van der Waals surface area (Å²) in [5.74, 6) is 0.923. The van der Waals surface area contributed by atoms with E-state index in [1.807, 2.05) is 0 Å². The smallest absolute Gasteiger partial charge is 0.119 e. The van der Waals surface area contributed by atoms with Gasteiger partial charge < -0.3 is 4.74 Å². The zero-order chi connectivity index (χ0) is 17.8. The minimum atomic E-state index is 0.728. The molecule has 1 aliphatic carbocycles. The van der Waals surface area contributed by atoms with Crippen molar-refractivity contribution in [3.63, 3.8) is 0 Å². The van der Waals surface area contributed by atoms with Crippen molar-refractivity contribution in [2.24, 2.45) is 0 Å². The lowest BCUT2D eigenvalue weighted by molar-refractivity contribution is 0.311. The monoisotopic (exact) mass is 338 g/mol. The molecule has 0 N–H and O–H groups in total. The Morgan fingerprint density at radius 2 is 1.58 bits per heavy atom. The Balaban J connectivity index is 1.41. The zero-order valence-electron chi connectivity index (χ0n) is 15.0. The van der Waals surface area contributed by atoms with Crippen LogP contribution in [0.3, 0.4) is 0 Å². The molecular weight excluding hydrogens is 316 g/mol. The number of ether oxygens (including phenoxy) is 1. The van der Waals surface area contributed by atoms with Gasteiger partial charge in [0.05, 0.1) is 6.61 Å². The van der Waals surface area contributed by atoms with Crippen molar-refractivity contribution in [3.05, 3.63) is 113 Å². The van der Waals surface area contributed by atoms with Crippen LogP contribution in [0.15, 0.2) is 84.4 Å². The van der Waals surface area contributed by atoms with E-state index in [1.165, 1.54) is 27.8 Å². The van der Waals surface area contributed by atoms with Gasteiger partial charge in [-0.25, -0.2) is 0 Å². The average Bonchev–Trinajstić information content (AvgIpc) is 3.01. The van der Waals surface area contributed by atoms with Crippen LogP contribution in [-0.4, -0.2) is 6.61 Å². The number of benzene rings is 3. The van der Waals surface area contributed by atoms with E-state index in [4.69, 9.17) is 4.74 Å². The second-order valence-electron chi connectivity index (χ2n) is 6.64. The van der Waals surface area contributed by atoms with Gasteiger partial charge in [0.25, 0.3) is 0 Å². The number of hydrogen-bond acceptors (Lipinski definition) is 1. The van der Waals surface area contributed by atoms with Gasteiger partial charge in [0.15, 0.2) is 0 Å². The van der Waals surface area contributed by atoms with E-state index in [0.29, 0.717) is 0 Å². The van der Waals surface area contributed by atoms with Crippen LogP contribution in [0, 0.1) is 6.42 Å². The molecule has 2 radical (unpaired) electrons. The van der Waals surface area contributed by atoms with Crippen LogP contribution in [0.2, 0.25) is 0 Å². The summed E-state index contributed by atoms with van der Waals surface area (Å²) in [6, 6.07) is 27.4. The van der Waals surface area contributed by atoms with Crippen molar-refractivity contribution in [1.82, 2.24) is 0 Å². The number of hydrogen-bond donors (Lipinski definition) is 0. The third-order valence-electron chi connectivity index (χ3n) is 4.74. The summed E-state index contributed by atoms with van der Waals surface area (Å²) in [5.41, 5.74) is 7.43. The summed E-state index contributed by atoms with van der Waals surface area (Å²) in [6.45, 7) is 2.86. The highest BCUT2D eigenvalue weighted by molar-refractivity contribution is 5.90. The van der Waals surface area contributed by atoms with Crippen LogP contribution in [0.4, 0.5) is 0 Å². The van der Waals surface area contributed by atoms with Gasteiger partial charge in [0.2, 0.25) is 0 Å². The molecule has 0 heterocycles. The Kier molecular flexibility index (Phi) is 4.88. The highest BCUT2D eigenvalue weighted by atomic mass is 16.5. The highest BCUT2D eigenvalue weighted by Crippen LogP contribution is 2.39. The summed E-state index contributed by atoms with van der Waals surface area (Å²) in [7, 11) is 0. The molecule has 0 amide bonds. The molecule has 26 heavy (non-hydrogen) atoms. The summed E-state index contributed by atoms with van der Waals surface area (Å²) in [5, 5.41) is 0. The summed E-state index contributed by atoms with van der Waals surface area (Å²) < 4.78 is 5.97. The van der Waals surface area contributed by atoms with Gasteiger partial charge in [-0.1, -0.05) is 72.3 Å². The minimum Gasteiger partial charge on any atom is -0.494 e. The van der Waals surface area contributed by atoms with Crippen LogP contribution in [0.5, 0.6) is 5.75 Å². The molecule has 0 atom stereocenters. The zero-order valence-corrected chi connectivity index (χ0v) is 15.0. The van der Waals surface area contributed by atoms with Crippen molar-refractivity contribution in [1.29, 1.82) is 0 Å². The predicted molar refractivity (Wildman–Crippen MR) is 107 cm³/mol. The first-order chi connectivity index (χ1) is 12.8. The van der Waals surface area contributed by atoms with Crippen LogP contribution >= 0.6 is 0 Å². The van der Waals surface area contributed by atoms with Crippen molar-refractivity contribution in [2.75, 3.05) is 6.61 Å². The molecule has 3 aromatic rings. The summed E-state index contributed by atoms with van der Waals surface area (Å²) in [4.78, 5) is 0. The van der Waals surface area contributed by atoms with E-state index >= 15 is 0 Å². The molecule has 128 valence electrons. The maximum absolute atomic E-state index is 5.97. The van der Waals surface area contributed by atoms with Crippen molar-refractivity contribution in [3.8, 4) is 5.75 Å². The lowest BCUT2D eigenvalue weighted by atomic mass is 9.98. The fourth-order valence-electron chi connectivity index (χ4n) is 3.49. The van der Waals surface area contributed by atoms with E-state index in [9.17, 15) is 0 Å². The van der Waals surface area contributed by atoms with E-state index < -0.39 is 0 Å². The Labute approximate surface area is 156 Å². The molecule has 0 spiro atoms. The Bertz CT molecular complexity index is 907. The van der Waals surface area contributed by atoms with Gasteiger partial charge >= 0.3 is 0 Å². The first-order valence-corrected chi connectivity index (χ1v) is 9.16. The largest absolute Gasteiger partial charge is 0.494 e. The van der Waals surface area contributed by atoms with E-state index in [-0.39, 0.29) is 0 Å². The second-order valence-corrected chi connectivity index (χ2v) is 6.64. The van der Waals surface area contributed by atoms with Crippen LogP contribution in [-0.2, 0) is 6.42 Å². The number of allylic oxidation sites excluding steroid dienone is 1. The second kappa shape index (κ2) is 7.61. The highest BCUT2D eigenvalue weighted by Gasteiger charge is 2.21. The fraction of sp³-hybridized carbons (Fsp3) is 0.160. The minimum absolute atomic E-state index is 0.728. The quantitative estimate of drug-likeness (QED) is 0.504. The Morgan fingerprint density at radius 3 is 2.35 bits per heavy atom. The average molecular weight is 338 g/mol. The molecule has 0 bridgehead atoms. The maximum Gasteiger partial charge on any atom is 0.119 e. The lowest BCUT2D eigenvalue weighted by Crippen LogP contribution is -2.00. The van der Waals surface area contributed by atoms with E-state index in [0.717, 1.165) is 30.8 Å². The van der Waals surface area contributed by atoms with E-state index in [2.05, 4.69) is 92.2 Å². The van der Waals surface area contributed by atoms with Crippen molar-refractivity contribution >= 4 is 5.57 Å².